The van der Waals surface area contributed by atoms with Crippen LogP contribution in [0.3, 0.4) is 0 Å². The topological polar surface area (TPSA) is 289 Å². The number of alkyl halides is 2. The van der Waals surface area contributed by atoms with Gasteiger partial charge in [-0.25, -0.2) is 0 Å². The second-order valence-electron chi connectivity index (χ2n) is 20.0. The van der Waals surface area contributed by atoms with Crippen LogP contribution in [0, 0.1) is 0 Å². The molecule has 0 saturated carbocycles. The average Bonchev–Trinajstić information content (AvgIpc) is 1.26. The maximum absolute atomic E-state index is 11.2. The Bertz CT molecular complexity index is 1140. The first-order chi connectivity index (χ1) is 48.9. The minimum absolute atomic E-state index is 0. The zero-order chi connectivity index (χ0) is 93.7. The zero-order valence-electron chi connectivity index (χ0n) is 84.6. The maximum atomic E-state index is 11.2. The third-order valence-corrected chi connectivity index (χ3v) is 5.52. The van der Waals surface area contributed by atoms with Crippen LogP contribution in [0.1, 0.15) is 422 Å². The Kier molecular flexibility index (Phi) is 528. The van der Waals surface area contributed by atoms with E-state index in [0.717, 1.165) is 40.0 Å². The number of carboxylic acids is 1. The number of aliphatic carboxylic acids is 1. The number of esters is 2. The van der Waals surface area contributed by atoms with Crippen molar-refractivity contribution in [1.29, 1.82) is 0 Å². The van der Waals surface area contributed by atoms with Gasteiger partial charge >= 0.3 is 179 Å². The van der Waals surface area contributed by atoms with Crippen molar-refractivity contribution < 1.29 is 246 Å². The monoisotopic (exact) mass is 1690 g/mol. The molecular weight excluding hydrogens is 1490 g/mol. The molecule has 0 heterocycles. The van der Waals surface area contributed by atoms with Crippen molar-refractivity contribution in [1.82, 2.24) is 0 Å². The fraction of sp³-hybridized carbons (Fsp3) is 0.847. The number of carboxylic acid groups (broad SMARTS) is 1. The first kappa shape index (κ1) is 209. The summed E-state index contributed by atoms with van der Waals surface area (Å²) in [5.41, 5.74) is -2.25. The summed E-state index contributed by atoms with van der Waals surface area (Å²) in [7, 11) is 5.05. The summed E-state index contributed by atoms with van der Waals surface area (Å²) in [6.45, 7) is 89.0. The van der Waals surface area contributed by atoms with E-state index in [-0.39, 0.29) is 166 Å². The van der Waals surface area contributed by atoms with Crippen LogP contribution in [0.5, 0.6) is 0 Å². The summed E-state index contributed by atoms with van der Waals surface area (Å²) in [6.07, 6.45) is 30.9. The normalized spacial score (nSPS) is 7.50. The minimum atomic E-state index is -2.96. The quantitative estimate of drug-likeness (QED) is 0.0373. The van der Waals surface area contributed by atoms with Crippen LogP contribution < -0.4 is 169 Å². The van der Waals surface area contributed by atoms with Crippen molar-refractivity contribution in [3.63, 3.8) is 0 Å². The first-order valence-corrected chi connectivity index (χ1v) is 39.5. The number of hydrogen-bond donors (Lipinski definition) is 4. The van der Waals surface area contributed by atoms with E-state index in [4.69, 9.17) is 34.6 Å². The number of carbonyl (C=O) groups is 6. The van der Waals surface area contributed by atoms with Crippen molar-refractivity contribution in [2.75, 3.05) is 35.5 Å². The van der Waals surface area contributed by atoms with Gasteiger partial charge in [0.2, 0.25) is 0 Å². The maximum Gasteiger partial charge on any atom is 1.00 e. The third-order valence-electron chi connectivity index (χ3n) is 5.36. The summed E-state index contributed by atoms with van der Waals surface area (Å²) in [6, 6.07) is 0. The van der Waals surface area contributed by atoms with Crippen LogP contribution in [-0.2, 0) is 47.7 Å². The summed E-state index contributed by atoms with van der Waals surface area (Å²) in [5.74, 6) is -1.32. The van der Waals surface area contributed by atoms with Crippen molar-refractivity contribution in [3.8, 4) is 0 Å². The number of halogens is 2. The zero-order valence-corrected chi connectivity index (χ0v) is 94.8. The fourth-order valence-electron chi connectivity index (χ4n) is 1.19. The molecule has 0 atom stereocenters. The van der Waals surface area contributed by atoms with Gasteiger partial charge in [-0.15, -0.1) is 16.8 Å². The van der Waals surface area contributed by atoms with Gasteiger partial charge in [-0.2, -0.15) is 8.78 Å². The van der Waals surface area contributed by atoms with Crippen molar-refractivity contribution in [3.05, 3.63) is 36.5 Å². The Labute approximate surface area is 820 Å². The second-order valence-corrected chi connectivity index (χ2v) is 20.6. The molecule has 0 amide bonds. The van der Waals surface area contributed by atoms with E-state index in [1.807, 2.05) is 156 Å². The molecule has 0 aliphatic heterocycles. The number of carbonyl (C=O) groups excluding carboxylic acids is 5. The molecular formula is C85H202BF2K3O17S. The Morgan fingerprint density at radius 2 is 0.505 bits per heavy atom. The molecule has 0 aromatic carbocycles. The van der Waals surface area contributed by atoms with Crippen molar-refractivity contribution in [2.24, 2.45) is 0 Å². The minimum Gasteiger partial charge on any atom is -0.850 e. The van der Waals surface area contributed by atoms with E-state index in [1.165, 1.54) is 139 Å². The van der Waals surface area contributed by atoms with Crippen LogP contribution in [0.4, 0.5) is 8.78 Å². The van der Waals surface area contributed by atoms with Gasteiger partial charge in [0, 0.05) is 55.3 Å². The molecule has 0 bridgehead atoms. The molecule has 24 heteroatoms. The summed E-state index contributed by atoms with van der Waals surface area (Å²) in [4.78, 5) is 55.0. The molecule has 17 nitrogen and oxygen atoms in total. The number of rotatable bonds is 11. The molecule has 670 valence electrons. The van der Waals surface area contributed by atoms with Gasteiger partial charge in [0.05, 0.1) is 21.3 Å². The van der Waals surface area contributed by atoms with Crippen LogP contribution in [0.25, 0.3) is 0 Å². The fourth-order valence-corrected chi connectivity index (χ4v) is 1.19. The van der Waals surface area contributed by atoms with Gasteiger partial charge in [0.1, 0.15) is 18.9 Å². The Balaban J connectivity index is -0.0000000201. The molecule has 0 aliphatic rings. The number of methoxy groups -OCH3 is 4. The molecule has 0 spiro atoms. The summed E-state index contributed by atoms with van der Waals surface area (Å²) < 4.78 is 38.8. The number of allylic oxidation sites excluding steroid dienone is 6. The third kappa shape index (κ3) is 2350. The van der Waals surface area contributed by atoms with E-state index in [0.29, 0.717) is 18.4 Å². The SMILES string of the molecule is C/C=C/C.C/C=C/C.CB(O)O.CC.CC.CC.CC.CC.CC.CC.CC(=O)O.CC(C)(C)[O-].CC(C)(C)[O-].CC(C)(C)[O-].CC/C=C\CC.CC=O.CC=O.CCC.CCC=O.CCCC.CCCC.CCCCC.CCCCCC.CO.COC(C)(F)F.COC(C)=O.COC(C)=O.COC(C)=S.[K+].[K+].[K+]. The Morgan fingerprint density at radius 1 is 0.404 bits per heavy atom. The largest absolute Gasteiger partial charge is 1.00 e. The molecule has 0 rings (SSSR count). The average molecular weight is 1690 g/mol. The molecule has 109 heavy (non-hydrogen) atoms. The standard InChI is InChI=1S/C6H14.C6H12.C5H12.3C4H9O.2C4H10.2C4H8.C3H6F2O.2C3H6O2.C3H6OS.C3H6O.C3H8.C2H4O2.2C2H4O.7C2H6.CH5BO2.CH4O.3K/c2*1-3-5-6-4-2;1-3-5-4-2;3*1-4(2,3)5;4*1-3-4-2;1-3(4,5)6-2;2*1-3(4)5-2;1-3(5)4-2;1-2-3-4;1-3-2;1-2(3)4;2*1-2-3;7*1-2;1-2(3)4;1-2;;;/h3-6H2,1-2H3;5-6H,3-4H2,1-2H3;3-5H2,1-2H3;3*1-3H3;2*3-4H2,1-2H3;2*3-4H,1-2H3;1-2H3;3*1-2H3;3H,2H2,1H3;3H2,1-2H3;1H3,(H,3,4);2*2H,1H3;7*1-2H3;3-4H,1H3;2H,1H3;;;/q;;;3*-1;;;;;;;;;;;;;;;;;;;;;;;3*+1/b;6-5-;;;;;;;2*4-3+;;;;;;;;;;;;;;;;;;;;;. The van der Waals surface area contributed by atoms with Crippen LogP contribution >= 0.6 is 12.2 Å². The van der Waals surface area contributed by atoms with Gasteiger partial charge in [-0.1, -0.05) is 363 Å². The molecule has 0 aromatic rings. The van der Waals surface area contributed by atoms with E-state index in [2.05, 4.69) is 126 Å². The molecule has 4 N–H and O–H groups in total. The number of hydrogen-bond acceptors (Lipinski definition) is 17. The summed E-state index contributed by atoms with van der Waals surface area (Å²) in [5, 5.41) is 60.5. The van der Waals surface area contributed by atoms with E-state index < -0.39 is 36.0 Å². The number of aliphatic hydroxyl groups is 1. The number of aliphatic hydroxyl groups excluding tert-OH is 1. The van der Waals surface area contributed by atoms with Gasteiger partial charge in [-0.3, -0.25) is 14.4 Å². The smallest absolute Gasteiger partial charge is 0.850 e. The molecule has 0 aromatic heterocycles. The predicted octanol–water partition coefficient (Wildman–Crippen LogP) is 16.3. The van der Waals surface area contributed by atoms with E-state index in [9.17, 15) is 38.5 Å². The van der Waals surface area contributed by atoms with Crippen LogP contribution in [-0.4, -0.2) is 128 Å². The molecule has 0 radical (unpaired) electrons. The number of ether oxygens (including phenoxy) is 4. The van der Waals surface area contributed by atoms with E-state index >= 15 is 0 Å². The van der Waals surface area contributed by atoms with E-state index in [1.54, 1.807) is 76.3 Å². The Morgan fingerprint density at radius 3 is 0.523 bits per heavy atom. The van der Waals surface area contributed by atoms with Crippen molar-refractivity contribution in [2.45, 2.75) is 451 Å². The summed E-state index contributed by atoms with van der Waals surface area (Å²) >= 11 is 4.47. The van der Waals surface area contributed by atoms with Gasteiger partial charge < -0.3 is 68.9 Å². The second kappa shape index (κ2) is 275. The van der Waals surface area contributed by atoms with Crippen molar-refractivity contribution >= 4 is 61.2 Å². The van der Waals surface area contributed by atoms with Crippen LogP contribution in [0.15, 0.2) is 36.5 Å². The van der Waals surface area contributed by atoms with Gasteiger partial charge in [0.25, 0.3) is 5.97 Å². The van der Waals surface area contributed by atoms with Gasteiger partial charge in [0.15, 0.2) is 5.05 Å². The molecule has 0 aliphatic carbocycles. The number of unbranched alkanes of at least 4 members (excludes halogenated alkanes) is 7. The Hall–Kier alpha value is 1.08. The first-order valence-electron chi connectivity index (χ1n) is 39.1. The predicted molar refractivity (Wildman–Crippen MR) is 477 cm³/mol. The molecule has 0 fully saturated rings. The van der Waals surface area contributed by atoms with Gasteiger partial charge in [-0.05, 0) is 73.4 Å². The molecule has 0 unspecified atom stereocenters. The molecule has 0 saturated heterocycles. The van der Waals surface area contributed by atoms with Crippen LogP contribution in [0.2, 0.25) is 6.82 Å². The number of aldehydes is 3. The number of thiocarbonyl (C=S) groups is 1.